The molecule has 2 N–H and O–H groups in total. The van der Waals surface area contributed by atoms with Crippen LogP contribution in [0.15, 0.2) is 24.6 Å². The number of nitrogens with two attached hydrogens (primary N) is 1. The molecule has 0 atom stereocenters. The Hall–Kier alpha value is -2.02. The lowest BCUT2D eigenvalue weighted by molar-refractivity contribution is 0.439. The number of rotatable bonds is 1. The minimum absolute atomic E-state index is 0.0202. The Balaban J connectivity index is 2.83. The fourth-order valence-electron chi connectivity index (χ4n) is 0.902. The predicted molar refractivity (Wildman–Crippen MR) is 44.5 cm³/mol. The Labute approximate surface area is 76.2 Å². The third-order valence-electron chi connectivity index (χ3n) is 1.51. The summed E-state index contributed by atoms with van der Waals surface area (Å²) in [4.78, 5) is 29.0. The van der Waals surface area contributed by atoms with E-state index in [1.807, 2.05) is 0 Å². The standard InChI is InChI=1S/C7H5N3O4/c8-1-4-9-2-3-5(10-4)14-7(12)6(11)13-3/h2H,1,8H2. The van der Waals surface area contributed by atoms with Crippen LogP contribution >= 0.6 is 0 Å². The Bertz CT molecular complexity index is 585. The van der Waals surface area contributed by atoms with Crippen molar-refractivity contribution in [1.29, 1.82) is 0 Å². The van der Waals surface area contributed by atoms with Gasteiger partial charge in [-0.3, -0.25) is 0 Å². The quantitative estimate of drug-likeness (QED) is 0.580. The Kier molecular flexibility index (Phi) is 1.86. The van der Waals surface area contributed by atoms with Gasteiger partial charge >= 0.3 is 11.3 Å². The van der Waals surface area contributed by atoms with Crippen molar-refractivity contribution in [2.45, 2.75) is 6.54 Å². The van der Waals surface area contributed by atoms with Crippen LogP contribution in [0.4, 0.5) is 0 Å². The summed E-state index contributed by atoms with van der Waals surface area (Å²) in [7, 11) is 0. The van der Waals surface area contributed by atoms with E-state index in [-0.39, 0.29) is 17.8 Å². The van der Waals surface area contributed by atoms with Gasteiger partial charge in [-0.25, -0.2) is 14.6 Å². The third-order valence-corrected chi connectivity index (χ3v) is 1.51. The van der Waals surface area contributed by atoms with E-state index >= 15 is 0 Å². The molecule has 0 aliphatic heterocycles. The van der Waals surface area contributed by atoms with Crippen LogP contribution in [0.1, 0.15) is 5.82 Å². The predicted octanol–water partition coefficient (Wildman–Crippen LogP) is -1.01. The van der Waals surface area contributed by atoms with Crippen molar-refractivity contribution in [2.75, 3.05) is 0 Å². The second-order valence-corrected chi connectivity index (χ2v) is 2.44. The largest absolute Gasteiger partial charge is 0.424 e. The molecule has 0 aliphatic rings. The van der Waals surface area contributed by atoms with E-state index in [0.29, 0.717) is 5.82 Å². The molecule has 0 spiro atoms. The maximum absolute atomic E-state index is 10.8. The highest BCUT2D eigenvalue weighted by atomic mass is 16.5. The summed E-state index contributed by atoms with van der Waals surface area (Å²) in [5, 5.41) is 0. The first-order valence-corrected chi connectivity index (χ1v) is 3.70. The van der Waals surface area contributed by atoms with Crippen molar-refractivity contribution in [1.82, 2.24) is 9.97 Å². The molecule has 0 aromatic carbocycles. The van der Waals surface area contributed by atoms with Gasteiger partial charge in [-0.1, -0.05) is 0 Å². The number of aromatic nitrogens is 2. The molecule has 2 heterocycles. The molecule has 2 aromatic rings. The van der Waals surface area contributed by atoms with Gasteiger partial charge in [-0.15, -0.1) is 0 Å². The maximum atomic E-state index is 10.8. The van der Waals surface area contributed by atoms with E-state index in [4.69, 9.17) is 5.73 Å². The van der Waals surface area contributed by atoms with Crippen LogP contribution in [-0.2, 0) is 6.54 Å². The molecule has 0 saturated heterocycles. The minimum atomic E-state index is -1.10. The fourth-order valence-corrected chi connectivity index (χ4v) is 0.902. The molecule has 2 aromatic heterocycles. The van der Waals surface area contributed by atoms with Gasteiger partial charge in [0.15, 0.2) is 0 Å². The van der Waals surface area contributed by atoms with Crippen LogP contribution in [0.2, 0.25) is 0 Å². The lowest BCUT2D eigenvalue weighted by Gasteiger charge is -1.95. The van der Waals surface area contributed by atoms with Gasteiger partial charge in [0.2, 0.25) is 5.58 Å². The SMILES string of the molecule is NCc1ncc2oc(=O)c(=O)oc2n1. The van der Waals surface area contributed by atoms with E-state index in [0.717, 1.165) is 0 Å². The van der Waals surface area contributed by atoms with Gasteiger partial charge < -0.3 is 14.6 Å². The van der Waals surface area contributed by atoms with Crippen LogP contribution < -0.4 is 17.0 Å². The van der Waals surface area contributed by atoms with Crippen molar-refractivity contribution in [3.05, 3.63) is 32.9 Å². The molecule has 0 saturated carbocycles. The molecule has 7 nitrogen and oxygen atoms in total. The normalized spacial score (nSPS) is 10.6. The van der Waals surface area contributed by atoms with Gasteiger partial charge in [0.05, 0.1) is 12.7 Å². The van der Waals surface area contributed by atoms with Crippen LogP contribution in [0, 0.1) is 0 Å². The summed E-state index contributed by atoms with van der Waals surface area (Å²) < 4.78 is 9.13. The monoisotopic (exact) mass is 195 g/mol. The molecule has 72 valence electrons. The zero-order valence-corrected chi connectivity index (χ0v) is 6.89. The van der Waals surface area contributed by atoms with Gasteiger partial charge in [0.1, 0.15) is 5.82 Å². The Morgan fingerprint density at radius 2 is 2.00 bits per heavy atom. The van der Waals surface area contributed by atoms with Gasteiger partial charge in [0, 0.05) is 0 Å². The zero-order chi connectivity index (χ0) is 10.1. The molecular formula is C7H5N3O4. The van der Waals surface area contributed by atoms with Gasteiger partial charge in [-0.2, -0.15) is 4.98 Å². The number of nitrogens with zero attached hydrogens (tertiary/aromatic N) is 2. The zero-order valence-electron chi connectivity index (χ0n) is 6.89. The second-order valence-electron chi connectivity index (χ2n) is 2.44. The summed E-state index contributed by atoms with van der Waals surface area (Å²) in [5.74, 6) is 0.300. The summed E-state index contributed by atoms with van der Waals surface area (Å²) in [6.07, 6.45) is 1.23. The molecule has 0 aliphatic carbocycles. The van der Waals surface area contributed by atoms with Crippen molar-refractivity contribution in [2.24, 2.45) is 5.73 Å². The van der Waals surface area contributed by atoms with Gasteiger partial charge in [0.25, 0.3) is 5.71 Å². The number of hydrogen-bond acceptors (Lipinski definition) is 7. The van der Waals surface area contributed by atoms with Crippen LogP contribution in [0.5, 0.6) is 0 Å². The first-order chi connectivity index (χ1) is 6.70. The summed E-state index contributed by atoms with van der Waals surface area (Å²) in [5.41, 5.74) is 3.03. The van der Waals surface area contributed by atoms with E-state index in [1.165, 1.54) is 6.20 Å². The summed E-state index contributed by atoms with van der Waals surface area (Å²) in [6.45, 7) is 0.110. The molecule has 7 heteroatoms. The molecular weight excluding hydrogens is 190 g/mol. The lowest BCUT2D eigenvalue weighted by atomic mass is 10.5. The number of hydrogen-bond donors (Lipinski definition) is 1. The second kappa shape index (κ2) is 3.04. The summed E-state index contributed by atoms with van der Waals surface area (Å²) in [6, 6.07) is 0. The van der Waals surface area contributed by atoms with Crippen LogP contribution in [0.3, 0.4) is 0 Å². The molecule has 0 fully saturated rings. The first kappa shape index (κ1) is 8.57. The van der Waals surface area contributed by atoms with E-state index in [2.05, 4.69) is 18.8 Å². The van der Waals surface area contributed by atoms with E-state index in [9.17, 15) is 9.59 Å². The van der Waals surface area contributed by atoms with Gasteiger partial charge in [-0.05, 0) is 0 Å². The highest BCUT2D eigenvalue weighted by Crippen LogP contribution is 2.04. The van der Waals surface area contributed by atoms with Crippen LogP contribution in [0.25, 0.3) is 11.3 Å². The molecule has 0 radical (unpaired) electrons. The van der Waals surface area contributed by atoms with E-state index in [1.54, 1.807) is 0 Å². The van der Waals surface area contributed by atoms with Crippen LogP contribution in [-0.4, -0.2) is 9.97 Å². The maximum Gasteiger partial charge on any atom is 0.424 e. The lowest BCUT2D eigenvalue weighted by Crippen LogP contribution is -2.21. The Morgan fingerprint density at radius 3 is 2.71 bits per heavy atom. The van der Waals surface area contributed by atoms with Crippen molar-refractivity contribution in [3.8, 4) is 0 Å². The number of fused-ring (bicyclic) bond motifs is 1. The van der Waals surface area contributed by atoms with Crippen molar-refractivity contribution in [3.63, 3.8) is 0 Å². The average Bonchev–Trinajstić information content (AvgIpc) is 2.19. The summed E-state index contributed by atoms with van der Waals surface area (Å²) >= 11 is 0. The molecule has 2 rings (SSSR count). The molecule has 0 bridgehead atoms. The fraction of sp³-hybridized carbons (Fsp3) is 0.143. The topological polar surface area (TPSA) is 112 Å². The Morgan fingerprint density at radius 1 is 1.29 bits per heavy atom. The minimum Gasteiger partial charge on any atom is -0.411 e. The van der Waals surface area contributed by atoms with E-state index < -0.39 is 11.3 Å². The first-order valence-electron chi connectivity index (χ1n) is 3.70. The molecule has 14 heavy (non-hydrogen) atoms. The smallest absolute Gasteiger partial charge is 0.411 e. The highest BCUT2D eigenvalue weighted by Gasteiger charge is 2.06. The third kappa shape index (κ3) is 1.29. The van der Waals surface area contributed by atoms with Crippen molar-refractivity contribution >= 4 is 11.3 Å². The van der Waals surface area contributed by atoms with Crippen molar-refractivity contribution < 1.29 is 8.83 Å². The molecule has 0 amide bonds. The highest BCUT2D eigenvalue weighted by molar-refractivity contribution is 5.62. The average molecular weight is 195 g/mol. The molecule has 0 unspecified atom stereocenters.